The Morgan fingerprint density at radius 2 is 1.84 bits per heavy atom. The van der Waals surface area contributed by atoms with Crippen LogP contribution < -0.4 is 14.2 Å². The molecule has 1 atom stereocenters. The molecule has 2 aromatic carbocycles. The number of hydrogen-bond acceptors (Lipinski definition) is 5. The fourth-order valence-electron chi connectivity index (χ4n) is 4.08. The highest BCUT2D eigenvalue weighted by molar-refractivity contribution is 7.89. The van der Waals surface area contributed by atoms with Crippen molar-refractivity contribution in [1.29, 1.82) is 0 Å². The molecule has 0 saturated carbocycles. The van der Waals surface area contributed by atoms with Gasteiger partial charge in [0.15, 0.2) is 11.5 Å². The van der Waals surface area contributed by atoms with Crippen LogP contribution in [0.2, 0.25) is 0 Å². The minimum Gasteiger partial charge on any atom is -0.490 e. The van der Waals surface area contributed by atoms with Crippen molar-refractivity contribution in [3.8, 4) is 11.5 Å². The number of benzene rings is 2. The summed E-state index contributed by atoms with van der Waals surface area (Å²) in [5.74, 6) is 1.27. The van der Waals surface area contributed by atoms with Crippen LogP contribution in [-0.4, -0.2) is 45.0 Å². The Morgan fingerprint density at radius 1 is 1.06 bits per heavy atom. The molecular formula is C23H28N2O5S. The Bertz CT molecular complexity index is 1070. The van der Waals surface area contributed by atoms with Crippen molar-refractivity contribution in [1.82, 2.24) is 9.62 Å². The first-order chi connectivity index (χ1) is 14.8. The fraction of sp³-hybridized carbons (Fsp3) is 0.435. The van der Waals surface area contributed by atoms with Gasteiger partial charge in [-0.1, -0.05) is 12.1 Å². The molecule has 1 fully saturated rings. The number of likely N-dealkylation sites (tertiary alicyclic amines) is 1. The maximum Gasteiger partial charge on any atom is 0.254 e. The summed E-state index contributed by atoms with van der Waals surface area (Å²) in [5.41, 5.74) is 1.37. The Balaban J connectivity index is 1.59. The molecule has 166 valence electrons. The van der Waals surface area contributed by atoms with Gasteiger partial charge in [-0.25, -0.2) is 13.1 Å². The van der Waals surface area contributed by atoms with E-state index in [2.05, 4.69) is 4.72 Å². The van der Waals surface area contributed by atoms with Crippen LogP contribution in [0.3, 0.4) is 0 Å². The van der Waals surface area contributed by atoms with E-state index in [1.54, 1.807) is 26.0 Å². The second kappa shape index (κ2) is 8.88. The van der Waals surface area contributed by atoms with Crippen LogP contribution in [-0.2, 0) is 10.0 Å². The summed E-state index contributed by atoms with van der Waals surface area (Å²) >= 11 is 0. The van der Waals surface area contributed by atoms with Crippen LogP contribution in [0.15, 0.2) is 47.4 Å². The molecule has 1 amide bonds. The Kier molecular flexibility index (Phi) is 6.20. The molecule has 0 radical (unpaired) electrons. The van der Waals surface area contributed by atoms with Gasteiger partial charge >= 0.3 is 0 Å². The molecule has 2 aromatic rings. The van der Waals surface area contributed by atoms with E-state index in [4.69, 9.17) is 9.47 Å². The second-order valence-electron chi connectivity index (χ2n) is 8.22. The lowest BCUT2D eigenvalue weighted by Crippen LogP contribution is -2.32. The van der Waals surface area contributed by atoms with E-state index in [0.717, 1.165) is 30.6 Å². The number of ether oxygens (including phenoxy) is 2. The molecule has 4 rings (SSSR count). The Morgan fingerprint density at radius 3 is 2.61 bits per heavy atom. The van der Waals surface area contributed by atoms with Gasteiger partial charge in [0.25, 0.3) is 5.91 Å². The largest absolute Gasteiger partial charge is 0.490 e. The van der Waals surface area contributed by atoms with E-state index in [1.165, 1.54) is 12.1 Å². The zero-order valence-corrected chi connectivity index (χ0v) is 18.7. The monoisotopic (exact) mass is 444 g/mol. The van der Waals surface area contributed by atoms with Gasteiger partial charge in [0.2, 0.25) is 10.0 Å². The van der Waals surface area contributed by atoms with Crippen LogP contribution >= 0.6 is 0 Å². The molecule has 0 aliphatic carbocycles. The van der Waals surface area contributed by atoms with E-state index < -0.39 is 10.0 Å². The van der Waals surface area contributed by atoms with E-state index in [1.807, 2.05) is 23.1 Å². The third-order valence-corrected chi connectivity index (χ3v) is 7.11. The highest BCUT2D eigenvalue weighted by Crippen LogP contribution is 2.38. The van der Waals surface area contributed by atoms with Gasteiger partial charge in [-0.3, -0.25) is 4.79 Å². The first-order valence-corrected chi connectivity index (χ1v) is 12.2. The van der Waals surface area contributed by atoms with Crippen LogP contribution in [0, 0.1) is 0 Å². The van der Waals surface area contributed by atoms with Crippen molar-refractivity contribution < 1.29 is 22.7 Å². The summed E-state index contributed by atoms with van der Waals surface area (Å²) in [4.78, 5) is 15.2. The molecule has 1 N–H and O–H groups in total. The normalized spacial score (nSPS) is 18.8. The van der Waals surface area contributed by atoms with Gasteiger partial charge in [0, 0.05) is 24.6 Å². The molecule has 2 aliphatic heterocycles. The number of amides is 1. The van der Waals surface area contributed by atoms with Gasteiger partial charge in [-0.05, 0) is 62.6 Å². The third-order valence-electron chi connectivity index (χ3n) is 5.45. The number of hydrogen-bond donors (Lipinski definition) is 1. The zero-order valence-electron chi connectivity index (χ0n) is 17.8. The smallest absolute Gasteiger partial charge is 0.254 e. The van der Waals surface area contributed by atoms with Crippen molar-refractivity contribution in [3.05, 3.63) is 53.6 Å². The van der Waals surface area contributed by atoms with E-state index in [9.17, 15) is 13.2 Å². The molecule has 8 heteroatoms. The predicted molar refractivity (Wildman–Crippen MR) is 117 cm³/mol. The fourth-order valence-corrected chi connectivity index (χ4v) is 5.38. The number of fused-ring (bicyclic) bond motifs is 1. The van der Waals surface area contributed by atoms with Gasteiger partial charge < -0.3 is 14.4 Å². The van der Waals surface area contributed by atoms with Crippen molar-refractivity contribution in [2.45, 2.75) is 50.1 Å². The van der Waals surface area contributed by atoms with Crippen molar-refractivity contribution in [3.63, 3.8) is 0 Å². The Labute approximate surface area is 183 Å². The highest BCUT2D eigenvalue weighted by atomic mass is 32.2. The summed E-state index contributed by atoms with van der Waals surface area (Å²) in [6.07, 6.45) is 2.57. The molecule has 2 heterocycles. The van der Waals surface area contributed by atoms with Gasteiger partial charge in [-0.15, -0.1) is 0 Å². The average Bonchev–Trinajstić information content (AvgIpc) is 3.11. The van der Waals surface area contributed by atoms with E-state index in [-0.39, 0.29) is 22.9 Å². The average molecular weight is 445 g/mol. The van der Waals surface area contributed by atoms with Gasteiger partial charge in [-0.2, -0.15) is 0 Å². The Hall–Kier alpha value is -2.58. The topological polar surface area (TPSA) is 84.9 Å². The standard InChI is InChI=1S/C23H28N2O5S/c1-16(2)24-31(27,28)19-7-3-6-18(14-19)23(26)25-11-4-8-20(25)17-9-10-21-22(15-17)30-13-5-12-29-21/h3,6-7,9-10,14-16,20,24H,4-5,8,11-13H2,1-2H3. The number of carbonyl (C=O) groups is 1. The summed E-state index contributed by atoms with van der Waals surface area (Å²) in [5, 5.41) is 0. The molecule has 2 aliphatic rings. The molecule has 31 heavy (non-hydrogen) atoms. The van der Waals surface area contributed by atoms with Crippen LogP contribution in [0.4, 0.5) is 0 Å². The molecule has 0 aromatic heterocycles. The number of nitrogens with zero attached hydrogens (tertiary/aromatic N) is 1. The van der Waals surface area contributed by atoms with Crippen molar-refractivity contribution in [2.24, 2.45) is 0 Å². The molecular weight excluding hydrogens is 416 g/mol. The third kappa shape index (κ3) is 4.70. The zero-order chi connectivity index (χ0) is 22.0. The molecule has 1 saturated heterocycles. The minimum absolute atomic E-state index is 0.0845. The van der Waals surface area contributed by atoms with Crippen LogP contribution in [0.1, 0.15) is 55.1 Å². The molecule has 7 nitrogen and oxygen atoms in total. The quantitative estimate of drug-likeness (QED) is 0.763. The van der Waals surface area contributed by atoms with Crippen LogP contribution in [0.5, 0.6) is 11.5 Å². The van der Waals surface area contributed by atoms with Crippen LogP contribution in [0.25, 0.3) is 0 Å². The van der Waals surface area contributed by atoms with Crippen molar-refractivity contribution >= 4 is 15.9 Å². The maximum atomic E-state index is 13.3. The highest BCUT2D eigenvalue weighted by Gasteiger charge is 2.32. The number of sulfonamides is 1. The second-order valence-corrected chi connectivity index (χ2v) is 9.93. The summed E-state index contributed by atoms with van der Waals surface area (Å²) in [6, 6.07) is 11.8. The van der Waals surface area contributed by atoms with Gasteiger partial charge in [0.05, 0.1) is 24.2 Å². The lowest BCUT2D eigenvalue weighted by molar-refractivity contribution is 0.0735. The lowest BCUT2D eigenvalue weighted by Gasteiger charge is -2.26. The summed E-state index contributed by atoms with van der Waals surface area (Å²) in [6.45, 7) is 5.38. The first kappa shape index (κ1) is 21.6. The first-order valence-electron chi connectivity index (χ1n) is 10.7. The molecule has 1 unspecified atom stereocenters. The lowest BCUT2D eigenvalue weighted by atomic mass is 10.0. The van der Waals surface area contributed by atoms with Crippen molar-refractivity contribution in [2.75, 3.05) is 19.8 Å². The summed E-state index contributed by atoms with van der Waals surface area (Å²) in [7, 11) is -3.67. The summed E-state index contributed by atoms with van der Waals surface area (Å²) < 4.78 is 39.1. The molecule has 0 spiro atoms. The number of nitrogens with one attached hydrogen (secondary N) is 1. The minimum atomic E-state index is -3.67. The van der Waals surface area contributed by atoms with Gasteiger partial charge in [0.1, 0.15) is 0 Å². The van der Waals surface area contributed by atoms with E-state index in [0.29, 0.717) is 31.1 Å². The predicted octanol–water partition coefficient (Wildman–Crippen LogP) is 3.51. The number of carbonyl (C=O) groups excluding carboxylic acids is 1. The SMILES string of the molecule is CC(C)NS(=O)(=O)c1cccc(C(=O)N2CCCC2c2ccc3c(c2)OCCCO3)c1. The van der Waals surface area contributed by atoms with E-state index >= 15 is 0 Å². The number of rotatable bonds is 5. The maximum absolute atomic E-state index is 13.3. The molecule has 0 bridgehead atoms.